The Morgan fingerprint density at radius 1 is 1.36 bits per heavy atom. The fourth-order valence-corrected chi connectivity index (χ4v) is 3.69. The largest absolute Gasteiger partial charge is 0.333 e. The quantitative estimate of drug-likeness (QED) is 0.690. The van der Waals surface area contributed by atoms with Gasteiger partial charge in [-0.3, -0.25) is 5.10 Å². The summed E-state index contributed by atoms with van der Waals surface area (Å²) in [5.74, 6) is 0. The molecule has 5 nitrogen and oxygen atoms in total. The third-order valence-electron chi connectivity index (χ3n) is 3.62. The molecule has 2 aromatic heterocycles. The number of fused-ring (bicyclic) bond motifs is 1. The molecule has 2 amide bonds. The first-order valence-corrected chi connectivity index (χ1v) is 7.97. The second-order valence-corrected chi connectivity index (χ2v) is 6.30. The molecule has 0 spiro atoms. The summed E-state index contributed by atoms with van der Waals surface area (Å²) in [6, 6.07) is 9.94. The fourth-order valence-electron chi connectivity index (χ4n) is 2.48. The zero-order chi connectivity index (χ0) is 15.5. The van der Waals surface area contributed by atoms with Gasteiger partial charge in [0.2, 0.25) is 0 Å². The lowest BCUT2D eigenvalue weighted by Crippen LogP contribution is -2.36. The van der Waals surface area contributed by atoms with Gasteiger partial charge in [-0.05, 0) is 36.9 Å². The van der Waals surface area contributed by atoms with Gasteiger partial charge >= 0.3 is 6.03 Å². The second kappa shape index (κ2) is 6.19. The Labute approximate surface area is 132 Å². The smallest absolute Gasteiger partial charge is 0.315 e. The van der Waals surface area contributed by atoms with Crippen molar-refractivity contribution in [1.29, 1.82) is 0 Å². The van der Waals surface area contributed by atoms with E-state index in [4.69, 9.17) is 0 Å². The van der Waals surface area contributed by atoms with Gasteiger partial charge in [0.25, 0.3) is 0 Å². The number of H-pyrrole nitrogens is 1. The summed E-state index contributed by atoms with van der Waals surface area (Å²) >= 11 is 1.73. The number of thiophene rings is 1. The summed E-state index contributed by atoms with van der Waals surface area (Å²) in [6.07, 6.45) is 1.66. The number of hydrogen-bond acceptors (Lipinski definition) is 3. The number of amides is 2. The van der Waals surface area contributed by atoms with E-state index in [0.717, 1.165) is 5.69 Å². The molecule has 1 aromatic carbocycles. The highest BCUT2D eigenvalue weighted by Crippen LogP contribution is 2.34. The van der Waals surface area contributed by atoms with Gasteiger partial charge in [-0.2, -0.15) is 5.10 Å². The van der Waals surface area contributed by atoms with E-state index in [-0.39, 0.29) is 12.1 Å². The molecule has 0 unspecified atom stereocenters. The molecule has 0 radical (unpaired) electrons. The van der Waals surface area contributed by atoms with E-state index in [0.29, 0.717) is 6.54 Å². The van der Waals surface area contributed by atoms with Crippen LogP contribution in [-0.4, -0.2) is 16.2 Å². The van der Waals surface area contributed by atoms with Crippen molar-refractivity contribution in [3.8, 4) is 0 Å². The number of aryl methyl sites for hydroxylation is 1. The van der Waals surface area contributed by atoms with E-state index in [2.05, 4.69) is 39.9 Å². The predicted molar refractivity (Wildman–Crippen MR) is 88.9 cm³/mol. The van der Waals surface area contributed by atoms with E-state index < -0.39 is 0 Å². The lowest BCUT2D eigenvalue weighted by atomic mass is 10.1. The highest BCUT2D eigenvalue weighted by atomic mass is 32.1. The Hall–Kier alpha value is -2.34. The highest BCUT2D eigenvalue weighted by molar-refractivity contribution is 7.19. The van der Waals surface area contributed by atoms with Crippen LogP contribution in [0.1, 0.15) is 29.1 Å². The molecule has 0 bridgehead atoms. The molecule has 0 fully saturated rings. The van der Waals surface area contributed by atoms with Crippen LogP contribution in [0.15, 0.2) is 36.5 Å². The fraction of sp³-hybridized carbons (Fsp3) is 0.250. The van der Waals surface area contributed by atoms with E-state index in [1.165, 1.54) is 20.5 Å². The summed E-state index contributed by atoms with van der Waals surface area (Å²) in [5.41, 5.74) is 2.11. The van der Waals surface area contributed by atoms with E-state index in [1.807, 2.05) is 25.1 Å². The number of aromatic amines is 1. The van der Waals surface area contributed by atoms with Crippen molar-refractivity contribution >= 4 is 27.5 Å². The Morgan fingerprint density at radius 2 is 2.18 bits per heavy atom. The van der Waals surface area contributed by atoms with Crippen LogP contribution in [-0.2, 0) is 6.54 Å². The SMILES string of the molecule is Cc1c([C@@H](C)NC(=O)NCc2ccn[nH]2)sc2ccccc12. The molecule has 3 aromatic rings. The molecular formula is C16H18N4OS. The Balaban J connectivity index is 1.66. The first-order valence-electron chi connectivity index (χ1n) is 7.16. The minimum absolute atomic E-state index is 0.0285. The normalized spacial score (nSPS) is 12.3. The molecule has 3 N–H and O–H groups in total. The maximum Gasteiger partial charge on any atom is 0.315 e. The first kappa shape index (κ1) is 14.6. The van der Waals surface area contributed by atoms with Gasteiger partial charge < -0.3 is 10.6 Å². The van der Waals surface area contributed by atoms with Crippen molar-refractivity contribution in [3.63, 3.8) is 0 Å². The van der Waals surface area contributed by atoms with Crippen LogP contribution >= 0.6 is 11.3 Å². The zero-order valence-electron chi connectivity index (χ0n) is 12.5. The summed E-state index contributed by atoms with van der Waals surface area (Å²) in [7, 11) is 0. The van der Waals surface area contributed by atoms with Gasteiger partial charge in [0, 0.05) is 15.8 Å². The van der Waals surface area contributed by atoms with Crippen LogP contribution in [0.4, 0.5) is 4.79 Å². The van der Waals surface area contributed by atoms with Crippen molar-refractivity contribution < 1.29 is 4.79 Å². The molecule has 0 aliphatic rings. The summed E-state index contributed by atoms with van der Waals surface area (Å²) in [6.45, 7) is 4.55. The topological polar surface area (TPSA) is 69.8 Å². The van der Waals surface area contributed by atoms with Crippen molar-refractivity contribution in [3.05, 3.63) is 52.7 Å². The second-order valence-electron chi connectivity index (χ2n) is 5.22. The molecular weight excluding hydrogens is 296 g/mol. The average molecular weight is 314 g/mol. The first-order chi connectivity index (χ1) is 10.6. The predicted octanol–water partition coefficient (Wildman–Crippen LogP) is 3.49. The zero-order valence-corrected chi connectivity index (χ0v) is 13.3. The molecule has 22 heavy (non-hydrogen) atoms. The number of hydrogen-bond donors (Lipinski definition) is 3. The minimum atomic E-state index is -0.182. The number of nitrogens with one attached hydrogen (secondary N) is 3. The maximum atomic E-state index is 12.0. The van der Waals surface area contributed by atoms with E-state index in [9.17, 15) is 4.79 Å². The number of carbonyl (C=O) groups excluding carboxylic acids is 1. The number of rotatable bonds is 4. The third-order valence-corrected chi connectivity index (χ3v) is 5.07. The Kier molecular flexibility index (Phi) is 4.11. The van der Waals surface area contributed by atoms with Crippen LogP contribution in [0, 0.1) is 6.92 Å². The van der Waals surface area contributed by atoms with Gasteiger partial charge in [0.15, 0.2) is 0 Å². The lowest BCUT2D eigenvalue weighted by Gasteiger charge is -2.14. The van der Waals surface area contributed by atoms with Gasteiger partial charge in [0.05, 0.1) is 18.3 Å². The standard InChI is InChI=1S/C16H18N4OS/c1-10-13-5-3-4-6-14(13)22-15(10)11(2)19-16(21)17-9-12-7-8-18-20-12/h3-8,11H,9H2,1-2H3,(H,18,20)(H2,17,19,21)/t11-/m1/s1. The third kappa shape index (κ3) is 2.96. The molecule has 0 aliphatic heterocycles. The van der Waals surface area contributed by atoms with Crippen molar-refractivity contribution in [1.82, 2.24) is 20.8 Å². The van der Waals surface area contributed by atoms with Crippen LogP contribution in [0.2, 0.25) is 0 Å². The molecule has 0 aliphatic carbocycles. The van der Waals surface area contributed by atoms with Gasteiger partial charge in [-0.1, -0.05) is 18.2 Å². The van der Waals surface area contributed by atoms with Crippen LogP contribution in [0.3, 0.4) is 0 Å². The minimum Gasteiger partial charge on any atom is -0.333 e. The maximum absolute atomic E-state index is 12.0. The number of carbonyl (C=O) groups is 1. The number of aromatic nitrogens is 2. The van der Waals surface area contributed by atoms with Gasteiger partial charge in [-0.25, -0.2) is 4.79 Å². The molecule has 3 rings (SSSR count). The molecule has 114 valence electrons. The molecule has 0 saturated carbocycles. The summed E-state index contributed by atoms with van der Waals surface area (Å²) < 4.78 is 1.25. The van der Waals surface area contributed by atoms with Crippen LogP contribution in [0.5, 0.6) is 0 Å². The average Bonchev–Trinajstić information content (AvgIpc) is 3.14. The van der Waals surface area contributed by atoms with E-state index in [1.54, 1.807) is 17.5 Å². The van der Waals surface area contributed by atoms with E-state index >= 15 is 0 Å². The monoisotopic (exact) mass is 314 g/mol. The van der Waals surface area contributed by atoms with Crippen LogP contribution < -0.4 is 10.6 Å². The molecule has 6 heteroatoms. The number of urea groups is 1. The highest BCUT2D eigenvalue weighted by Gasteiger charge is 2.16. The van der Waals surface area contributed by atoms with Gasteiger partial charge in [0.1, 0.15) is 0 Å². The van der Waals surface area contributed by atoms with Gasteiger partial charge in [-0.15, -0.1) is 11.3 Å². The summed E-state index contributed by atoms with van der Waals surface area (Å²) in [4.78, 5) is 13.2. The Morgan fingerprint density at radius 3 is 2.91 bits per heavy atom. The molecule has 2 heterocycles. The van der Waals surface area contributed by atoms with Crippen LogP contribution in [0.25, 0.3) is 10.1 Å². The van der Waals surface area contributed by atoms with Crippen molar-refractivity contribution in [2.24, 2.45) is 0 Å². The molecule has 1 atom stereocenters. The number of nitrogens with zero attached hydrogens (tertiary/aromatic N) is 1. The lowest BCUT2D eigenvalue weighted by molar-refractivity contribution is 0.237. The number of benzene rings is 1. The van der Waals surface area contributed by atoms with Crippen molar-refractivity contribution in [2.45, 2.75) is 26.4 Å². The Bertz CT molecular complexity index is 779. The molecule has 0 saturated heterocycles. The van der Waals surface area contributed by atoms with Crippen molar-refractivity contribution in [2.75, 3.05) is 0 Å². The summed E-state index contributed by atoms with van der Waals surface area (Å²) in [5, 5.41) is 13.7.